The van der Waals surface area contributed by atoms with Crippen molar-refractivity contribution in [2.24, 2.45) is 0 Å². The number of aromatic hydroxyl groups is 1. The Labute approximate surface area is 160 Å². The fourth-order valence-electron chi connectivity index (χ4n) is 2.34. The summed E-state index contributed by atoms with van der Waals surface area (Å²) in [7, 11) is 0. The number of nitrogens with one attached hydrogen (secondary N) is 1. The fraction of sp³-hybridized carbons (Fsp3) is 0.105. The van der Waals surface area contributed by atoms with Gasteiger partial charge in [0.25, 0.3) is 5.91 Å². The van der Waals surface area contributed by atoms with Gasteiger partial charge in [0.1, 0.15) is 16.6 Å². The average molecular weight is 384 g/mol. The molecule has 1 saturated heterocycles. The molecule has 7 heteroatoms. The summed E-state index contributed by atoms with van der Waals surface area (Å²) in [6, 6.07) is 13.9. The van der Waals surface area contributed by atoms with Gasteiger partial charge in [-0.2, -0.15) is 0 Å². The molecule has 5 nitrogen and oxygen atoms in total. The molecule has 2 N–H and O–H groups in total. The van der Waals surface area contributed by atoms with Crippen LogP contribution in [0.5, 0.6) is 5.75 Å². The topological polar surface area (TPSA) is 69.6 Å². The molecule has 0 unspecified atom stereocenters. The van der Waals surface area contributed by atoms with E-state index in [0.717, 1.165) is 22.9 Å². The van der Waals surface area contributed by atoms with E-state index in [2.05, 4.69) is 5.32 Å². The number of carbonyl (C=O) groups is 2. The number of benzene rings is 2. The van der Waals surface area contributed by atoms with Crippen molar-refractivity contribution in [1.29, 1.82) is 0 Å². The summed E-state index contributed by atoms with van der Waals surface area (Å²) in [5.74, 6) is -0.453. The Bertz CT molecular complexity index is 890. The normalized spacial score (nSPS) is 15.6. The van der Waals surface area contributed by atoms with Crippen LogP contribution in [0.4, 0.5) is 5.69 Å². The molecule has 0 bridgehead atoms. The maximum absolute atomic E-state index is 12.5. The van der Waals surface area contributed by atoms with Crippen LogP contribution in [0.2, 0.25) is 0 Å². The SMILES string of the molecule is Cc1ccc(NC(=O)CN2C(=O)/C(=C/c3ccc(O)cc3)SC2=S)cc1. The van der Waals surface area contributed by atoms with E-state index < -0.39 is 0 Å². The molecule has 132 valence electrons. The zero-order valence-electron chi connectivity index (χ0n) is 13.9. The number of phenolic OH excluding ortho intramolecular Hbond substituents is 1. The fourth-order valence-corrected chi connectivity index (χ4v) is 3.59. The molecular weight excluding hydrogens is 368 g/mol. The van der Waals surface area contributed by atoms with E-state index in [1.54, 1.807) is 30.3 Å². The van der Waals surface area contributed by atoms with Crippen molar-refractivity contribution in [1.82, 2.24) is 4.90 Å². The number of hydrogen-bond donors (Lipinski definition) is 2. The molecule has 2 aromatic carbocycles. The third-order valence-electron chi connectivity index (χ3n) is 3.70. The molecule has 2 aromatic rings. The number of aryl methyl sites for hydroxylation is 1. The molecule has 26 heavy (non-hydrogen) atoms. The predicted octanol–water partition coefficient (Wildman–Crippen LogP) is 3.54. The third-order valence-corrected chi connectivity index (χ3v) is 5.08. The Morgan fingerprint density at radius 2 is 1.85 bits per heavy atom. The number of nitrogens with zero attached hydrogens (tertiary/aromatic N) is 1. The van der Waals surface area contributed by atoms with Crippen LogP contribution in [0.25, 0.3) is 6.08 Å². The second-order valence-electron chi connectivity index (χ2n) is 5.77. The van der Waals surface area contributed by atoms with Crippen molar-refractivity contribution < 1.29 is 14.7 Å². The van der Waals surface area contributed by atoms with Crippen LogP contribution in [0.3, 0.4) is 0 Å². The summed E-state index contributed by atoms with van der Waals surface area (Å²) < 4.78 is 0.346. The number of carbonyl (C=O) groups excluding carboxylic acids is 2. The standard InChI is InChI=1S/C19H16N2O3S2/c1-12-2-6-14(7-3-12)20-17(23)11-21-18(24)16(26-19(21)25)10-13-4-8-15(22)9-5-13/h2-10,22H,11H2,1H3,(H,20,23)/b16-10-. The van der Waals surface area contributed by atoms with E-state index in [-0.39, 0.29) is 24.1 Å². The van der Waals surface area contributed by atoms with Gasteiger partial charge in [-0.05, 0) is 42.8 Å². The van der Waals surface area contributed by atoms with Gasteiger partial charge >= 0.3 is 0 Å². The van der Waals surface area contributed by atoms with Crippen LogP contribution in [-0.2, 0) is 9.59 Å². The average Bonchev–Trinajstić information content (AvgIpc) is 2.86. The highest BCUT2D eigenvalue weighted by Gasteiger charge is 2.33. The highest BCUT2D eigenvalue weighted by Crippen LogP contribution is 2.32. The van der Waals surface area contributed by atoms with Gasteiger partial charge in [-0.3, -0.25) is 14.5 Å². The Hall–Kier alpha value is -2.64. The van der Waals surface area contributed by atoms with E-state index in [0.29, 0.717) is 14.9 Å². The summed E-state index contributed by atoms with van der Waals surface area (Å²) in [6.45, 7) is 1.83. The van der Waals surface area contributed by atoms with Gasteiger partial charge in [0.15, 0.2) is 0 Å². The lowest BCUT2D eigenvalue weighted by atomic mass is 10.2. The number of hydrogen-bond acceptors (Lipinski definition) is 5. The summed E-state index contributed by atoms with van der Waals surface area (Å²) in [5, 5.41) is 12.1. The highest BCUT2D eigenvalue weighted by atomic mass is 32.2. The van der Waals surface area contributed by atoms with Gasteiger partial charge in [0.2, 0.25) is 5.91 Å². The maximum atomic E-state index is 12.5. The Morgan fingerprint density at radius 3 is 2.50 bits per heavy atom. The minimum Gasteiger partial charge on any atom is -0.508 e. The molecule has 0 atom stereocenters. The minimum atomic E-state index is -0.309. The monoisotopic (exact) mass is 384 g/mol. The summed E-state index contributed by atoms with van der Waals surface area (Å²) >= 11 is 6.40. The van der Waals surface area contributed by atoms with Crippen molar-refractivity contribution >= 4 is 51.9 Å². The van der Waals surface area contributed by atoms with Crippen molar-refractivity contribution in [3.05, 3.63) is 64.6 Å². The molecule has 0 saturated carbocycles. The van der Waals surface area contributed by atoms with Crippen LogP contribution >= 0.6 is 24.0 Å². The number of thioether (sulfide) groups is 1. The number of amides is 2. The van der Waals surface area contributed by atoms with Crippen LogP contribution in [0, 0.1) is 6.92 Å². The molecule has 0 radical (unpaired) electrons. The predicted molar refractivity (Wildman–Crippen MR) is 108 cm³/mol. The minimum absolute atomic E-state index is 0.133. The summed E-state index contributed by atoms with van der Waals surface area (Å²) in [6.07, 6.45) is 1.69. The quantitative estimate of drug-likeness (QED) is 0.623. The first-order valence-corrected chi connectivity index (χ1v) is 9.06. The van der Waals surface area contributed by atoms with Crippen molar-refractivity contribution in [3.63, 3.8) is 0 Å². The first-order valence-electron chi connectivity index (χ1n) is 7.83. The van der Waals surface area contributed by atoms with Gasteiger partial charge in [0.05, 0.1) is 4.91 Å². The number of anilines is 1. The van der Waals surface area contributed by atoms with Gasteiger partial charge in [-0.25, -0.2) is 0 Å². The molecule has 2 amide bonds. The first kappa shape index (κ1) is 18.2. The van der Waals surface area contributed by atoms with E-state index in [9.17, 15) is 14.7 Å². The number of thiocarbonyl (C=S) groups is 1. The Morgan fingerprint density at radius 1 is 1.19 bits per heavy atom. The van der Waals surface area contributed by atoms with E-state index >= 15 is 0 Å². The molecule has 1 aliphatic rings. The van der Waals surface area contributed by atoms with E-state index in [4.69, 9.17) is 12.2 Å². The number of phenols is 1. The first-order chi connectivity index (χ1) is 12.4. The maximum Gasteiger partial charge on any atom is 0.266 e. The smallest absolute Gasteiger partial charge is 0.266 e. The van der Waals surface area contributed by atoms with Gasteiger partial charge < -0.3 is 10.4 Å². The molecule has 0 aromatic heterocycles. The zero-order valence-corrected chi connectivity index (χ0v) is 15.6. The summed E-state index contributed by atoms with van der Waals surface area (Å²) in [5.41, 5.74) is 2.54. The number of rotatable bonds is 4. The largest absolute Gasteiger partial charge is 0.508 e. The van der Waals surface area contributed by atoms with E-state index in [1.165, 1.54) is 4.90 Å². The Kier molecular flexibility index (Phi) is 5.39. The lowest BCUT2D eigenvalue weighted by molar-refractivity contribution is -0.126. The van der Waals surface area contributed by atoms with Crippen LogP contribution in [-0.4, -0.2) is 32.7 Å². The van der Waals surface area contributed by atoms with Crippen LogP contribution in [0.1, 0.15) is 11.1 Å². The molecule has 1 aliphatic heterocycles. The molecular formula is C19H16N2O3S2. The zero-order chi connectivity index (χ0) is 18.7. The van der Waals surface area contributed by atoms with Crippen molar-refractivity contribution in [3.8, 4) is 5.75 Å². The van der Waals surface area contributed by atoms with Crippen LogP contribution in [0.15, 0.2) is 53.4 Å². The molecule has 1 heterocycles. The van der Waals surface area contributed by atoms with Crippen molar-refractivity contribution in [2.75, 3.05) is 11.9 Å². The van der Waals surface area contributed by atoms with Gasteiger partial charge in [-0.15, -0.1) is 0 Å². The molecule has 0 spiro atoms. The second kappa shape index (κ2) is 7.72. The molecule has 3 rings (SSSR count). The van der Waals surface area contributed by atoms with Crippen molar-refractivity contribution in [2.45, 2.75) is 6.92 Å². The van der Waals surface area contributed by atoms with E-state index in [1.807, 2.05) is 31.2 Å². The second-order valence-corrected chi connectivity index (χ2v) is 7.45. The lowest BCUT2D eigenvalue weighted by Crippen LogP contribution is -2.36. The van der Waals surface area contributed by atoms with Gasteiger partial charge in [0, 0.05) is 5.69 Å². The van der Waals surface area contributed by atoms with Crippen LogP contribution < -0.4 is 5.32 Å². The summed E-state index contributed by atoms with van der Waals surface area (Å²) in [4.78, 5) is 26.5. The Balaban J connectivity index is 1.67. The van der Waals surface area contributed by atoms with Gasteiger partial charge in [-0.1, -0.05) is 53.8 Å². The lowest BCUT2D eigenvalue weighted by Gasteiger charge is -2.14. The molecule has 0 aliphatic carbocycles. The highest BCUT2D eigenvalue weighted by molar-refractivity contribution is 8.26. The molecule has 1 fully saturated rings. The third kappa shape index (κ3) is 4.30.